The minimum absolute atomic E-state index is 0.0591. The molecule has 3 N–H and O–H groups in total. The second kappa shape index (κ2) is 6.37. The van der Waals surface area contributed by atoms with E-state index in [0.717, 1.165) is 12.8 Å². The van der Waals surface area contributed by atoms with Gasteiger partial charge in [-0.25, -0.2) is 6.57 Å². The number of aliphatic hydroxyl groups is 3. The van der Waals surface area contributed by atoms with Crippen LogP contribution >= 0.6 is 0 Å². The standard InChI is InChI=1S/C14H23NO5/c1-9(15-2)5-10-3-4-13-14(8-17,20-10)6-12(19-13)11(18)7-16/h9-13,16-18H,3-8H2,1H3/t9-,10?,11-,12-,13+,14-/m1/s1. The molecule has 2 fully saturated rings. The van der Waals surface area contributed by atoms with E-state index in [-0.39, 0.29) is 31.5 Å². The van der Waals surface area contributed by atoms with Crippen LogP contribution in [0.1, 0.15) is 32.6 Å². The molecule has 0 radical (unpaired) electrons. The fourth-order valence-corrected chi connectivity index (χ4v) is 3.19. The van der Waals surface area contributed by atoms with Crippen molar-refractivity contribution in [2.75, 3.05) is 13.2 Å². The van der Waals surface area contributed by atoms with Gasteiger partial charge < -0.3 is 29.6 Å². The van der Waals surface area contributed by atoms with Crippen molar-refractivity contribution in [2.45, 2.75) is 68.7 Å². The smallest absolute Gasteiger partial charge is 0.223 e. The number of hydrogen-bond acceptors (Lipinski definition) is 5. The van der Waals surface area contributed by atoms with Crippen LogP contribution in [0.3, 0.4) is 0 Å². The predicted molar refractivity (Wildman–Crippen MR) is 71.0 cm³/mol. The lowest BCUT2D eigenvalue weighted by molar-refractivity contribution is -0.185. The molecule has 1 unspecified atom stereocenters. The second-order valence-electron chi connectivity index (χ2n) is 5.87. The van der Waals surface area contributed by atoms with Crippen LogP contribution in [0.5, 0.6) is 0 Å². The van der Waals surface area contributed by atoms with Crippen LogP contribution in [0.2, 0.25) is 0 Å². The van der Waals surface area contributed by atoms with Crippen molar-refractivity contribution in [3.63, 3.8) is 0 Å². The highest BCUT2D eigenvalue weighted by Gasteiger charge is 2.54. The van der Waals surface area contributed by atoms with Gasteiger partial charge in [0.15, 0.2) is 0 Å². The highest BCUT2D eigenvalue weighted by atomic mass is 16.6. The van der Waals surface area contributed by atoms with Gasteiger partial charge >= 0.3 is 0 Å². The fraction of sp³-hybridized carbons (Fsp3) is 0.929. The molecule has 2 aliphatic heterocycles. The topological polar surface area (TPSA) is 83.5 Å². The lowest BCUT2D eigenvalue weighted by atomic mass is 9.85. The molecule has 6 atom stereocenters. The zero-order chi connectivity index (χ0) is 14.8. The third-order valence-corrected chi connectivity index (χ3v) is 4.33. The van der Waals surface area contributed by atoms with Crippen molar-refractivity contribution in [1.29, 1.82) is 0 Å². The van der Waals surface area contributed by atoms with E-state index < -0.39 is 17.8 Å². The maximum atomic E-state index is 9.72. The number of nitrogens with zero attached hydrogens (tertiary/aromatic N) is 1. The minimum Gasteiger partial charge on any atom is -0.394 e. The summed E-state index contributed by atoms with van der Waals surface area (Å²) in [7, 11) is 0. The summed E-state index contributed by atoms with van der Waals surface area (Å²) < 4.78 is 11.8. The SMILES string of the molecule is [C-]#[N+][C@H](C)CC1CC[C@@H]2O[C@@H]([C@H](O)CO)C[C@]2(CO)O1. The zero-order valence-electron chi connectivity index (χ0n) is 11.7. The van der Waals surface area contributed by atoms with Crippen molar-refractivity contribution in [1.82, 2.24) is 0 Å². The van der Waals surface area contributed by atoms with Crippen LogP contribution in [0.25, 0.3) is 4.85 Å². The summed E-state index contributed by atoms with van der Waals surface area (Å²) in [6.07, 6.45) is 0.778. The molecular weight excluding hydrogens is 262 g/mol. The Bertz CT molecular complexity index is 371. The van der Waals surface area contributed by atoms with Gasteiger partial charge in [0, 0.05) is 19.8 Å². The number of aliphatic hydroxyl groups excluding tert-OH is 3. The first-order chi connectivity index (χ1) is 9.54. The van der Waals surface area contributed by atoms with E-state index in [4.69, 9.17) is 21.2 Å². The van der Waals surface area contributed by atoms with Crippen LogP contribution in [0.4, 0.5) is 0 Å². The van der Waals surface area contributed by atoms with Crippen LogP contribution < -0.4 is 0 Å². The Morgan fingerprint density at radius 3 is 2.75 bits per heavy atom. The third-order valence-electron chi connectivity index (χ3n) is 4.33. The Morgan fingerprint density at radius 2 is 2.15 bits per heavy atom. The summed E-state index contributed by atoms with van der Waals surface area (Å²) in [6.45, 7) is 8.34. The monoisotopic (exact) mass is 285 g/mol. The van der Waals surface area contributed by atoms with E-state index in [2.05, 4.69) is 4.85 Å². The molecule has 6 heteroatoms. The molecule has 2 aliphatic rings. The zero-order valence-corrected chi connectivity index (χ0v) is 11.7. The van der Waals surface area contributed by atoms with E-state index >= 15 is 0 Å². The molecule has 6 nitrogen and oxygen atoms in total. The second-order valence-corrected chi connectivity index (χ2v) is 5.87. The van der Waals surface area contributed by atoms with Crippen molar-refractivity contribution < 1.29 is 24.8 Å². The highest BCUT2D eigenvalue weighted by Crippen LogP contribution is 2.43. The van der Waals surface area contributed by atoms with Crippen LogP contribution in [-0.4, -0.2) is 64.6 Å². The molecule has 0 aliphatic carbocycles. The number of fused-ring (bicyclic) bond motifs is 1. The number of ether oxygens (including phenoxy) is 2. The van der Waals surface area contributed by atoms with Crippen LogP contribution in [0, 0.1) is 6.57 Å². The lowest BCUT2D eigenvalue weighted by Crippen LogP contribution is -2.51. The van der Waals surface area contributed by atoms with Crippen LogP contribution in [-0.2, 0) is 9.47 Å². The average molecular weight is 285 g/mol. The maximum Gasteiger partial charge on any atom is 0.223 e. The van der Waals surface area contributed by atoms with Gasteiger partial charge in [-0.15, -0.1) is 0 Å². The molecule has 0 bridgehead atoms. The molecule has 114 valence electrons. The maximum absolute atomic E-state index is 9.72. The molecular formula is C14H23NO5. The molecule has 2 heterocycles. The number of rotatable bonds is 5. The van der Waals surface area contributed by atoms with E-state index in [1.807, 2.05) is 6.92 Å². The average Bonchev–Trinajstić information content (AvgIpc) is 2.85. The lowest BCUT2D eigenvalue weighted by Gasteiger charge is -2.40. The van der Waals surface area contributed by atoms with E-state index in [1.54, 1.807) is 0 Å². The molecule has 0 saturated carbocycles. The predicted octanol–water partition coefficient (Wildman–Crippen LogP) is 0.105. The Labute approximate surface area is 119 Å². The summed E-state index contributed by atoms with van der Waals surface area (Å²) in [5.41, 5.74) is -0.800. The van der Waals surface area contributed by atoms with Gasteiger partial charge in [-0.1, -0.05) is 0 Å². The Hall–Kier alpha value is -0.710. The minimum atomic E-state index is -0.951. The van der Waals surface area contributed by atoms with E-state index in [9.17, 15) is 10.2 Å². The van der Waals surface area contributed by atoms with Gasteiger partial charge in [-0.05, 0) is 12.8 Å². The van der Waals surface area contributed by atoms with Crippen molar-refractivity contribution in [3.8, 4) is 0 Å². The summed E-state index contributed by atoms with van der Waals surface area (Å²) in [5, 5.41) is 28.5. The largest absolute Gasteiger partial charge is 0.394 e. The first-order valence-electron chi connectivity index (χ1n) is 7.14. The van der Waals surface area contributed by atoms with Gasteiger partial charge in [0.25, 0.3) is 0 Å². The quantitative estimate of drug-likeness (QED) is 0.624. The molecule has 20 heavy (non-hydrogen) atoms. The Morgan fingerprint density at radius 1 is 1.40 bits per heavy atom. The normalized spacial score (nSPS) is 39.9. The van der Waals surface area contributed by atoms with Crippen LogP contribution in [0.15, 0.2) is 0 Å². The number of hydrogen-bond donors (Lipinski definition) is 3. The molecule has 0 amide bonds. The van der Waals surface area contributed by atoms with Crippen molar-refractivity contribution >= 4 is 0 Å². The molecule has 2 saturated heterocycles. The highest BCUT2D eigenvalue weighted by molar-refractivity contribution is 5.03. The first-order valence-corrected chi connectivity index (χ1v) is 7.14. The molecule has 0 aromatic rings. The molecule has 0 spiro atoms. The molecule has 0 aromatic heterocycles. The van der Waals surface area contributed by atoms with Gasteiger partial charge in [-0.3, -0.25) is 0 Å². The van der Waals surface area contributed by atoms with Gasteiger partial charge in [0.2, 0.25) is 6.04 Å². The fourth-order valence-electron chi connectivity index (χ4n) is 3.19. The summed E-state index contributed by atoms with van der Waals surface area (Å²) >= 11 is 0. The molecule has 0 aromatic carbocycles. The third kappa shape index (κ3) is 2.97. The first kappa shape index (κ1) is 15.7. The summed E-state index contributed by atoms with van der Waals surface area (Å²) in [4.78, 5) is 3.48. The van der Waals surface area contributed by atoms with Crippen molar-refractivity contribution in [3.05, 3.63) is 11.4 Å². The molecule has 2 rings (SSSR count). The Kier molecular flexibility index (Phi) is 4.99. The van der Waals surface area contributed by atoms with Gasteiger partial charge in [0.05, 0.1) is 31.5 Å². The summed E-state index contributed by atoms with van der Waals surface area (Å²) in [5.74, 6) is 0. The van der Waals surface area contributed by atoms with E-state index in [1.165, 1.54) is 0 Å². The Balaban J connectivity index is 2.04. The van der Waals surface area contributed by atoms with Gasteiger partial charge in [-0.2, -0.15) is 0 Å². The van der Waals surface area contributed by atoms with E-state index in [0.29, 0.717) is 12.8 Å². The van der Waals surface area contributed by atoms with Crippen molar-refractivity contribution in [2.24, 2.45) is 0 Å². The summed E-state index contributed by atoms with van der Waals surface area (Å²) in [6, 6.07) is -0.103. The van der Waals surface area contributed by atoms with Gasteiger partial charge in [0.1, 0.15) is 11.7 Å².